The molecule has 3 heteroatoms. The predicted molar refractivity (Wildman–Crippen MR) is 89.3 cm³/mol. The van der Waals surface area contributed by atoms with E-state index >= 15 is 0 Å². The van der Waals surface area contributed by atoms with E-state index in [4.69, 9.17) is 0 Å². The molecule has 0 saturated carbocycles. The van der Waals surface area contributed by atoms with Gasteiger partial charge in [-0.05, 0) is 45.1 Å². The summed E-state index contributed by atoms with van der Waals surface area (Å²) in [5.74, 6) is 0. The summed E-state index contributed by atoms with van der Waals surface area (Å²) in [5, 5.41) is 3.66. The van der Waals surface area contributed by atoms with Crippen molar-refractivity contribution in [2.45, 2.75) is 59.9 Å². The van der Waals surface area contributed by atoms with Crippen LogP contribution in [0.2, 0.25) is 0 Å². The van der Waals surface area contributed by atoms with E-state index in [0.717, 1.165) is 6.54 Å². The fourth-order valence-corrected chi connectivity index (χ4v) is 3.22. The van der Waals surface area contributed by atoms with Crippen LogP contribution in [0.15, 0.2) is 0 Å². The first-order valence-electron chi connectivity index (χ1n) is 8.74. The zero-order chi connectivity index (χ0) is 15.0. The largest absolute Gasteiger partial charge is 0.316 e. The average molecular weight is 284 g/mol. The predicted octanol–water partition coefficient (Wildman–Crippen LogP) is 2.82. The Morgan fingerprint density at radius 2 is 1.60 bits per heavy atom. The Hall–Kier alpha value is -0.120. The van der Waals surface area contributed by atoms with Gasteiger partial charge in [-0.2, -0.15) is 0 Å². The molecule has 0 radical (unpaired) electrons. The molecule has 1 heterocycles. The lowest BCUT2D eigenvalue weighted by atomic mass is 9.81. The first-order chi connectivity index (χ1) is 9.56. The van der Waals surface area contributed by atoms with E-state index < -0.39 is 0 Å². The normalized spacial score (nSPS) is 18.9. The van der Waals surface area contributed by atoms with Crippen molar-refractivity contribution in [2.75, 3.05) is 45.8 Å². The molecule has 1 saturated heterocycles. The second-order valence-corrected chi connectivity index (χ2v) is 6.79. The van der Waals surface area contributed by atoms with Gasteiger partial charge in [0.25, 0.3) is 0 Å². The standard InChI is InChI=1S/C17H37N3/c1-6-9-18-14-17(7-2,8-3)15-19-10-12-20(13-11-19)16(4)5/h16,18H,6-15H2,1-5H3. The van der Waals surface area contributed by atoms with E-state index in [2.05, 4.69) is 49.7 Å². The van der Waals surface area contributed by atoms with Crippen LogP contribution in [0.5, 0.6) is 0 Å². The van der Waals surface area contributed by atoms with Crippen LogP contribution in [0.1, 0.15) is 53.9 Å². The molecule has 0 unspecified atom stereocenters. The molecular formula is C17H37N3. The Labute approximate surface area is 127 Å². The van der Waals surface area contributed by atoms with Gasteiger partial charge >= 0.3 is 0 Å². The lowest BCUT2D eigenvalue weighted by Crippen LogP contribution is -2.53. The summed E-state index contributed by atoms with van der Waals surface area (Å²) in [4.78, 5) is 5.30. The molecule has 0 aromatic heterocycles. The van der Waals surface area contributed by atoms with Gasteiger partial charge in [-0.25, -0.2) is 0 Å². The van der Waals surface area contributed by atoms with Gasteiger partial charge in [-0.15, -0.1) is 0 Å². The van der Waals surface area contributed by atoms with Crippen LogP contribution in [0.3, 0.4) is 0 Å². The van der Waals surface area contributed by atoms with Crippen molar-refractivity contribution < 1.29 is 0 Å². The third-order valence-corrected chi connectivity index (χ3v) is 5.12. The summed E-state index contributed by atoms with van der Waals surface area (Å²) in [6.07, 6.45) is 3.80. The number of piperazine rings is 1. The fourth-order valence-electron chi connectivity index (χ4n) is 3.22. The van der Waals surface area contributed by atoms with E-state index in [0.29, 0.717) is 11.5 Å². The van der Waals surface area contributed by atoms with Gasteiger partial charge in [0.15, 0.2) is 0 Å². The zero-order valence-corrected chi connectivity index (χ0v) is 14.5. The molecule has 0 amide bonds. The first kappa shape index (κ1) is 17.9. The molecule has 0 aromatic rings. The lowest BCUT2D eigenvalue weighted by molar-refractivity contribution is 0.0657. The van der Waals surface area contributed by atoms with Crippen molar-refractivity contribution in [3.05, 3.63) is 0 Å². The van der Waals surface area contributed by atoms with Crippen molar-refractivity contribution in [3.63, 3.8) is 0 Å². The summed E-state index contributed by atoms with van der Waals surface area (Å²) in [7, 11) is 0. The lowest BCUT2D eigenvalue weighted by Gasteiger charge is -2.42. The molecule has 0 spiro atoms. The molecule has 0 aromatic carbocycles. The Bertz CT molecular complexity index is 241. The molecule has 1 N–H and O–H groups in total. The van der Waals surface area contributed by atoms with Crippen LogP contribution in [-0.4, -0.2) is 61.7 Å². The summed E-state index contributed by atoms with van der Waals surface area (Å²) in [6, 6.07) is 0.700. The maximum absolute atomic E-state index is 3.66. The SMILES string of the molecule is CCCNCC(CC)(CC)CN1CCN(C(C)C)CC1. The van der Waals surface area contributed by atoms with Gasteiger partial charge < -0.3 is 10.2 Å². The van der Waals surface area contributed by atoms with Crippen molar-refractivity contribution in [1.82, 2.24) is 15.1 Å². The smallest absolute Gasteiger partial charge is 0.0113 e. The maximum Gasteiger partial charge on any atom is 0.0113 e. The van der Waals surface area contributed by atoms with Gasteiger partial charge in [0.1, 0.15) is 0 Å². The number of hydrogen-bond acceptors (Lipinski definition) is 3. The second-order valence-electron chi connectivity index (χ2n) is 6.79. The topological polar surface area (TPSA) is 18.5 Å². The van der Waals surface area contributed by atoms with Crippen LogP contribution in [0.25, 0.3) is 0 Å². The number of nitrogens with zero attached hydrogens (tertiary/aromatic N) is 2. The third kappa shape index (κ3) is 5.34. The molecule has 1 rings (SSSR count). The summed E-state index contributed by atoms with van der Waals surface area (Å²) >= 11 is 0. The Kier molecular flexibility index (Phi) is 8.08. The van der Waals surface area contributed by atoms with Gasteiger partial charge in [0.05, 0.1) is 0 Å². The Morgan fingerprint density at radius 1 is 1.00 bits per heavy atom. The van der Waals surface area contributed by atoms with Gasteiger partial charge in [0.2, 0.25) is 0 Å². The number of hydrogen-bond donors (Lipinski definition) is 1. The van der Waals surface area contributed by atoms with Crippen LogP contribution in [0.4, 0.5) is 0 Å². The van der Waals surface area contributed by atoms with Crippen LogP contribution in [-0.2, 0) is 0 Å². The first-order valence-corrected chi connectivity index (χ1v) is 8.74. The monoisotopic (exact) mass is 283 g/mol. The molecule has 1 aliphatic rings. The highest BCUT2D eigenvalue weighted by Gasteiger charge is 2.30. The molecule has 1 aliphatic heterocycles. The highest BCUT2D eigenvalue weighted by molar-refractivity contribution is 4.85. The maximum atomic E-state index is 3.66. The van der Waals surface area contributed by atoms with Crippen LogP contribution < -0.4 is 5.32 Å². The van der Waals surface area contributed by atoms with E-state index in [-0.39, 0.29) is 0 Å². The molecule has 0 aliphatic carbocycles. The average Bonchev–Trinajstić information content (AvgIpc) is 2.47. The van der Waals surface area contributed by atoms with E-state index in [1.807, 2.05) is 0 Å². The summed E-state index contributed by atoms with van der Waals surface area (Å²) < 4.78 is 0. The molecular weight excluding hydrogens is 246 g/mol. The molecule has 3 nitrogen and oxygen atoms in total. The molecule has 1 fully saturated rings. The second kappa shape index (κ2) is 9.01. The van der Waals surface area contributed by atoms with Crippen molar-refractivity contribution in [1.29, 1.82) is 0 Å². The summed E-state index contributed by atoms with van der Waals surface area (Å²) in [6.45, 7) is 20.2. The minimum atomic E-state index is 0.467. The van der Waals surface area contributed by atoms with E-state index in [1.54, 1.807) is 0 Å². The zero-order valence-electron chi connectivity index (χ0n) is 14.5. The quantitative estimate of drug-likeness (QED) is 0.657. The molecule has 20 heavy (non-hydrogen) atoms. The number of nitrogens with one attached hydrogen (secondary N) is 1. The number of rotatable bonds is 9. The van der Waals surface area contributed by atoms with Crippen LogP contribution >= 0.6 is 0 Å². The summed E-state index contributed by atoms with van der Waals surface area (Å²) in [5.41, 5.74) is 0.467. The van der Waals surface area contributed by atoms with E-state index in [9.17, 15) is 0 Å². The Balaban J connectivity index is 2.45. The highest BCUT2D eigenvalue weighted by Crippen LogP contribution is 2.27. The highest BCUT2D eigenvalue weighted by atomic mass is 15.3. The minimum Gasteiger partial charge on any atom is -0.316 e. The van der Waals surface area contributed by atoms with Gasteiger partial charge in [0, 0.05) is 45.3 Å². The van der Waals surface area contributed by atoms with Crippen molar-refractivity contribution in [2.24, 2.45) is 5.41 Å². The Morgan fingerprint density at radius 3 is 2.05 bits per heavy atom. The molecule has 0 atom stereocenters. The third-order valence-electron chi connectivity index (χ3n) is 5.12. The minimum absolute atomic E-state index is 0.467. The van der Waals surface area contributed by atoms with Crippen LogP contribution in [0, 0.1) is 5.41 Å². The van der Waals surface area contributed by atoms with E-state index in [1.165, 1.54) is 58.5 Å². The van der Waals surface area contributed by atoms with Gasteiger partial charge in [-0.3, -0.25) is 4.90 Å². The van der Waals surface area contributed by atoms with Crippen molar-refractivity contribution in [3.8, 4) is 0 Å². The molecule has 0 bridgehead atoms. The van der Waals surface area contributed by atoms with Gasteiger partial charge in [-0.1, -0.05) is 20.8 Å². The fraction of sp³-hybridized carbons (Fsp3) is 1.00. The molecule has 120 valence electrons. The van der Waals surface area contributed by atoms with Crippen molar-refractivity contribution >= 4 is 0 Å².